The lowest BCUT2D eigenvalue weighted by molar-refractivity contribution is 0.0955. The van der Waals surface area contributed by atoms with Crippen LogP contribution in [0.2, 0.25) is 5.02 Å². The third-order valence-electron chi connectivity index (χ3n) is 4.25. The van der Waals surface area contributed by atoms with Crippen LogP contribution in [0.1, 0.15) is 68.6 Å². The van der Waals surface area contributed by atoms with Crippen LogP contribution in [-0.2, 0) is 10.8 Å². The maximum atomic E-state index is 12.2. The molecule has 0 aliphatic heterocycles. The van der Waals surface area contributed by atoms with Gasteiger partial charge in [0.05, 0.1) is 16.8 Å². The van der Waals surface area contributed by atoms with Crippen molar-refractivity contribution in [1.82, 2.24) is 5.43 Å². The first kappa shape index (κ1) is 21.0. The number of rotatable bonds is 3. The molecule has 0 bridgehead atoms. The lowest BCUT2D eigenvalue weighted by atomic mass is 9.78. The molecule has 0 saturated heterocycles. The second-order valence-corrected chi connectivity index (χ2v) is 9.05. The van der Waals surface area contributed by atoms with E-state index in [1.165, 1.54) is 0 Å². The fourth-order valence-corrected chi connectivity index (χ4v) is 2.97. The van der Waals surface area contributed by atoms with Crippen molar-refractivity contribution in [1.29, 1.82) is 0 Å². The highest BCUT2D eigenvalue weighted by Gasteiger charge is 2.26. The van der Waals surface area contributed by atoms with Crippen molar-refractivity contribution in [2.24, 2.45) is 5.10 Å². The standard InChI is InChI=1S/C22H27ClN2O2/c1-21(2,3)16-11-14(12-17(19(16)26)22(4,5)6)13-24-25-20(27)15-9-7-8-10-18(15)23/h7-13,26H,1-6H3,(H,25,27)/b24-13+. The molecule has 144 valence electrons. The van der Waals surface area contributed by atoms with E-state index in [4.69, 9.17) is 11.6 Å². The van der Waals surface area contributed by atoms with Crippen molar-refractivity contribution >= 4 is 23.7 Å². The van der Waals surface area contributed by atoms with Crippen molar-refractivity contribution in [3.63, 3.8) is 0 Å². The van der Waals surface area contributed by atoms with E-state index in [1.54, 1.807) is 30.5 Å². The summed E-state index contributed by atoms with van der Waals surface area (Å²) in [4.78, 5) is 12.2. The van der Waals surface area contributed by atoms with E-state index >= 15 is 0 Å². The fraction of sp³-hybridized carbons (Fsp3) is 0.364. The van der Waals surface area contributed by atoms with Gasteiger partial charge >= 0.3 is 0 Å². The predicted octanol–water partition coefficient (Wildman–Crippen LogP) is 5.40. The molecule has 2 N–H and O–H groups in total. The number of phenolic OH excluding ortho intramolecular Hbond substituents is 1. The van der Waals surface area contributed by atoms with E-state index in [0.29, 0.717) is 16.3 Å². The minimum absolute atomic E-state index is 0.227. The summed E-state index contributed by atoms with van der Waals surface area (Å²) in [5.74, 6) is -0.0602. The average molecular weight is 387 g/mol. The number of halogens is 1. The summed E-state index contributed by atoms with van der Waals surface area (Å²) in [6, 6.07) is 10.6. The summed E-state index contributed by atoms with van der Waals surface area (Å²) in [6.07, 6.45) is 1.58. The molecule has 0 aliphatic rings. The summed E-state index contributed by atoms with van der Waals surface area (Å²) in [7, 11) is 0. The van der Waals surface area contributed by atoms with Crippen molar-refractivity contribution in [3.05, 3.63) is 63.7 Å². The molecular formula is C22H27ClN2O2. The van der Waals surface area contributed by atoms with Crippen molar-refractivity contribution in [3.8, 4) is 5.75 Å². The zero-order valence-electron chi connectivity index (χ0n) is 16.7. The Bertz CT molecular complexity index is 840. The first-order valence-corrected chi connectivity index (χ1v) is 9.25. The number of amides is 1. The topological polar surface area (TPSA) is 61.7 Å². The number of hydrogen-bond acceptors (Lipinski definition) is 3. The third-order valence-corrected chi connectivity index (χ3v) is 4.58. The zero-order valence-corrected chi connectivity index (χ0v) is 17.5. The van der Waals surface area contributed by atoms with Gasteiger partial charge in [-0.05, 0) is 40.7 Å². The van der Waals surface area contributed by atoms with Crippen LogP contribution in [0.25, 0.3) is 0 Å². The van der Waals surface area contributed by atoms with E-state index in [-0.39, 0.29) is 16.7 Å². The Kier molecular flexibility index (Phi) is 6.01. The van der Waals surface area contributed by atoms with E-state index in [1.807, 2.05) is 12.1 Å². The van der Waals surface area contributed by atoms with Gasteiger partial charge in [-0.1, -0.05) is 65.3 Å². The number of carbonyl (C=O) groups is 1. The van der Waals surface area contributed by atoms with Crippen LogP contribution in [-0.4, -0.2) is 17.2 Å². The molecule has 0 radical (unpaired) electrons. The van der Waals surface area contributed by atoms with Crippen LogP contribution in [0.5, 0.6) is 5.75 Å². The van der Waals surface area contributed by atoms with Crippen molar-refractivity contribution in [2.75, 3.05) is 0 Å². The predicted molar refractivity (Wildman–Crippen MR) is 112 cm³/mol. The maximum Gasteiger partial charge on any atom is 0.272 e. The number of benzene rings is 2. The summed E-state index contributed by atoms with van der Waals surface area (Å²) in [6.45, 7) is 12.3. The molecule has 2 rings (SSSR count). The number of hydrogen-bond donors (Lipinski definition) is 2. The lowest BCUT2D eigenvalue weighted by Gasteiger charge is -2.27. The molecule has 0 fully saturated rings. The maximum absolute atomic E-state index is 12.2. The smallest absolute Gasteiger partial charge is 0.272 e. The van der Waals surface area contributed by atoms with E-state index in [2.05, 4.69) is 52.1 Å². The van der Waals surface area contributed by atoms with Gasteiger partial charge in [0.2, 0.25) is 0 Å². The van der Waals surface area contributed by atoms with Crippen molar-refractivity contribution < 1.29 is 9.90 Å². The van der Waals surface area contributed by atoms with Gasteiger partial charge in [0.25, 0.3) is 5.91 Å². The fourth-order valence-electron chi connectivity index (χ4n) is 2.75. The van der Waals surface area contributed by atoms with Gasteiger partial charge in [0.15, 0.2) is 0 Å². The second kappa shape index (κ2) is 7.73. The Labute approximate surface area is 166 Å². The van der Waals surface area contributed by atoms with Gasteiger partial charge in [-0.3, -0.25) is 4.79 Å². The molecule has 0 heterocycles. The second-order valence-electron chi connectivity index (χ2n) is 8.64. The van der Waals surface area contributed by atoms with Crippen LogP contribution >= 0.6 is 11.6 Å². The Hall–Kier alpha value is -2.33. The zero-order chi connectivity index (χ0) is 20.4. The van der Waals surface area contributed by atoms with Crippen molar-refractivity contribution in [2.45, 2.75) is 52.4 Å². The quantitative estimate of drug-likeness (QED) is 0.547. The van der Waals surface area contributed by atoms with Crippen LogP contribution in [0, 0.1) is 0 Å². The lowest BCUT2D eigenvalue weighted by Crippen LogP contribution is -2.19. The molecule has 0 atom stereocenters. The number of phenols is 1. The van der Waals surface area contributed by atoms with E-state index < -0.39 is 0 Å². The Morgan fingerprint density at radius 3 is 2.04 bits per heavy atom. The Morgan fingerprint density at radius 2 is 1.56 bits per heavy atom. The SMILES string of the molecule is CC(C)(C)c1cc(/C=N/NC(=O)c2ccccc2Cl)cc(C(C)(C)C)c1O. The molecule has 0 unspecified atom stereocenters. The average Bonchev–Trinajstić information content (AvgIpc) is 2.54. The van der Waals surface area contributed by atoms with Crippen LogP contribution in [0.3, 0.4) is 0 Å². The minimum Gasteiger partial charge on any atom is -0.507 e. The van der Waals surface area contributed by atoms with Crippen LogP contribution in [0.15, 0.2) is 41.5 Å². The van der Waals surface area contributed by atoms with Gasteiger partial charge in [-0.25, -0.2) is 5.43 Å². The largest absolute Gasteiger partial charge is 0.507 e. The molecular weight excluding hydrogens is 360 g/mol. The molecule has 0 spiro atoms. The monoisotopic (exact) mass is 386 g/mol. The molecule has 2 aromatic carbocycles. The number of nitrogens with one attached hydrogen (secondary N) is 1. The Balaban J connectivity index is 2.34. The van der Waals surface area contributed by atoms with Gasteiger partial charge in [0.1, 0.15) is 5.75 Å². The first-order valence-electron chi connectivity index (χ1n) is 8.87. The highest BCUT2D eigenvalue weighted by molar-refractivity contribution is 6.33. The molecule has 4 nitrogen and oxygen atoms in total. The van der Waals surface area contributed by atoms with Gasteiger partial charge in [-0.15, -0.1) is 0 Å². The number of nitrogens with zero attached hydrogens (tertiary/aromatic N) is 1. The molecule has 1 amide bonds. The Morgan fingerprint density at radius 1 is 1.04 bits per heavy atom. The number of hydrazone groups is 1. The highest BCUT2D eigenvalue weighted by Crippen LogP contribution is 2.39. The minimum atomic E-state index is -0.372. The summed E-state index contributed by atoms with van der Waals surface area (Å²) >= 11 is 6.03. The summed E-state index contributed by atoms with van der Waals surface area (Å²) < 4.78 is 0. The number of aromatic hydroxyl groups is 1. The normalized spacial score (nSPS) is 12.4. The van der Waals surface area contributed by atoms with E-state index in [0.717, 1.165) is 16.7 Å². The summed E-state index contributed by atoms with van der Waals surface area (Å²) in [5.41, 5.74) is 4.91. The molecule has 27 heavy (non-hydrogen) atoms. The molecule has 5 heteroatoms. The van der Waals surface area contributed by atoms with Gasteiger partial charge < -0.3 is 5.11 Å². The van der Waals surface area contributed by atoms with Crippen LogP contribution < -0.4 is 5.43 Å². The molecule has 0 aromatic heterocycles. The van der Waals surface area contributed by atoms with E-state index in [9.17, 15) is 9.90 Å². The summed E-state index contributed by atoms with van der Waals surface area (Å²) in [5, 5.41) is 15.2. The van der Waals surface area contributed by atoms with Crippen LogP contribution in [0.4, 0.5) is 0 Å². The molecule has 0 saturated carbocycles. The number of carbonyl (C=O) groups excluding carboxylic acids is 1. The van der Waals surface area contributed by atoms with Gasteiger partial charge in [-0.2, -0.15) is 5.10 Å². The highest BCUT2D eigenvalue weighted by atomic mass is 35.5. The molecule has 0 aliphatic carbocycles. The molecule has 2 aromatic rings. The third kappa shape index (κ3) is 5.10. The first-order chi connectivity index (χ1) is 12.4. The van der Waals surface area contributed by atoms with Gasteiger partial charge in [0, 0.05) is 11.1 Å².